The molecule has 2 aromatic heterocycles. The molecule has 1 aliphatic rings. The van der Waals surface area contributed by atoms with Crippen molar-refractivity contribution in [3.63, 3.8) is 0 Å². The summed E-state index contributed by atoms with van der Waals surface area (Å²) >= 11 is 0. The predicted octanol–water partition coefficient (Wildman–Crippen LogP) is 0.183. The average molecular weight is 310 g/mol. The van der Waals surface area contributed by atoms with Crippen LogP contribution in [-0.4, -0.2) is 40.0 Å². The average Bonchev–Trinajstić information content (AvgIpc) is 2.97. The van der Waals surface area contributed by atoms with Crippen molar-refractivity contribution in [2.75, 3.05) is 0 Å². The standard InChI is InChI=1S/C13H18N4O3S/c1-9-7-14-17(8-9)13-10(6-11(13)18)15-21(19,20)12-4-3-5-16(12)2/h3-5,7-8,10-11,13,15,18H,6H2,1-2H3/t10-,11+,13+/m0/s1. The molecule has 0 bridgehead atoms. The third-order valence-corrected chi connectivity index (χ3v) is 5.40. The molecule has 1 aliphatic carbocycles. The van der Waals surface area contributed by atoms with Crippen molar-refractivity contribution in [1.82, 2.24) is 19.1 Å². The number of aliphatic hydroxyl groups is 1. The molecule has 0 aromatic carbocycles. The summed E-state index contributed by atoms with van der Waals surface area (Å²) in [6, 6.07) is 2.50. The van der Waals surface area contributed by atoms with Gasteiger partial charge in [-0.25, -0.2) is 13.1 Å². The first kappa shape index (κ1) is 14.3. The Morgan fingerprint density at radius 1 is 1.48 bits per heavy atom. The molecule has 0 radical (unpaired) electrons. The SMILES string of the molecule is Cc1cnn([C@H]2[C@H](O)C[C@@H]2NS(=O)(=O)c2cccn2C)c1. The van der Waals surface area contributed by atoms with Crippen LogP contribution in [0.4, 0.5) is 0 Å². The van der Waals surface area contributed by atoms with E-state index in [9.17, 15) is 13.5 Å². The molecular weight excluding hydrogens is 292 g/mol. The van der Waals surface area contributed by atoms with Gasteiger partial charge in [0.15, 0.2) is 0 Å². The van der Waals surface area contributed by atoms with E-state index in [4.69, 9.17) is 0 Å². The van der Waals surface area contributed by atoms with Gasteiger partial charge in [0.2, 0.25) is 0 Å². The summed E-state index contributed by atoms with van der Waals surface area (Å²) in [6.45, 7) is 1.90. The number of sulfonamides is 1. The number of aromatic nitrogens is 3. The van der Waals surface area contributed by atoms with E-state index in [-0.39, 0.29) is 17.1 Å². The van der Waals surface area contributed by atoms with Gasteiger partial charge in [-0.1, -0.05) is 0 Å². The van der Waals surface area contributed by atoms with Crippen LogP contribution in [0.3, 0.4) is 0 Å². The number of rotatable bonds is 4. The fourth-order valence-corrected chi connectivity index (χ4v) is 4.12. The van der Waals surface area contributed by atoms with Crippen LogP contribution >= 0.6 is 0 Å². The van der Waals surface area contributed by atoms with Gasteiger partial charge >= 0.3 is 0 Å². The topological polar surface area (TPSA) is 89.2 Å². The van der Waals surface area contributed by atoms with Crippen LogP contribution in [0.25, 0.3) is 0 Å². The highest BCUT2D eigenvalue weighted by atomic mass is 32.2. The molecule has 0 amide bonds. The minimum absolute atomic E-state index is 0.208. The van der Waals surface area contributed by atoms with Crippen LogP contribution in [0.5, 0.6) is 0 Å². The highest BCUT2D eigenvalue weighted by molar-refractivity contribution is 7.89. The summed E-state index contributed by atoms with van der Waals surface area (Å²) in [6.07, 6.45) is 4.96. The summed E-state index contributed by atoms with van der Waals surface area (Å²) in [5.41, 5.74) is 0.971. The molecule has 114 valence electrons. The number of nitrogens with zero attached hydrogens (tertiary/aromatic N) is 3. The van der Waals surface area contributed by atoms with Gasteiger partial charge in [0.1, 0.15) is 5.03 Å². The first-order chi connectivity index (χ1) is 9.88. The Morgan fingerprint density at radius 3 is 2.76 bits per heavy atom. The smallest absolute Gasteiger partial charge is 0.256 e. The number of aliphatic hydroxyl groups excluding tert-OH is 1. The van der Waals surface area contributed by atoms with Crippen molar-refractivity contribution < 1.29 is 13.5 Å². The second-order valence-electron chi connectivity index (χ2n) is 5.48. The van der Waals surface area contributed by atoms with Crippen molar-refractivity contribution in [1.29, 1.82) is 0 Å². The Bertz CT molecular complexity index is 749. The Labute approximate surface area is 123 Å². The summed E-state index contributed by atoms with van der Waals surface area (Å²) in [5, 5.41) is 14.3. The molecule has 7 nitrogen and oxygen atoms in total. The third-order valence-electron chi connectivity index (χ3n) is 3.82. The lowest BCUT2D eigenvalue weighted by atomic mass is 9.84. The van der Waals surface area contributed by atoms with Gasteiger partial charge in [-0.2, -0.15) is 5.10 Å². The zero-order valence-corrected chi connectivity index (χ0v) is 12.7. The maximum absolute atomic E-state index is 12.4. The van der Waals surface area contributed by atoms with E-state index < -0.39 is 16.1 Å². The van der Waals surface area contributed by atoms with Crippen LogP contribution in [0.2, 0.25) is 0 Å². The van der Waals surface area contributed by atoms with Gasteiger partial charge in [0.05, 0.1) is 18.3 Å². The first-order valence-electron chi connectivity index (χ1n) is 6.71. The molecule has 21 heavy (non-hydrogen) atoms. The lowest BCUT2D eigenvalue weighted by Crippen LogP contribution is -2.56. The first-order valence-corrected chi connectivity index (χ1v) is 8.19. The molecule has 0 spiro atoms. The summed E-state index contributed by atoms with van der Waals surface area (Å²) in [5.74, 6) is 0. The molecule has 0 aliphatic heterocycles. The summed E-state index contributed by atoms with van der Waals surface area (Å²) in [7, 11) is -1.93. The Balaban J connectivity index is 1.81. The van der Waals surface area contributed by atoms with Gasteiger partial charge in [0, 0.05) is 25.5 Å². The molecule has 2 heterocycles. The molecular formula is C13H18N4O3S. The highest BCUT2D eigenvalue weighted by Crippen LogP contribution is 2.33. The van der Waals surface area contributed by atoms with Gasteiger partial charge < -0.3 is 9.67 Å². The normalized spacial score (nSPS) is 25.8. The quantitative estimate of drug-likeness (QED) is 0.843. The van der Waals surface area contributed by atoms with Crippen molar-refractivity contribution in [3.05, 3.63) is 36.3 Å². The van der Waals surface area contributed by atoms with Crippen LogP contribution in [0, 0.1) is 6.92 Å². The Hall–Kier alpha value is -1.64. The molecule has 1 saturated carbocycles. The van der Waals surface area contributed by atoms with Crippen LogP contribution in [0.15, 0.2) is 35.7 Å². The second-order valence-corrected chi connectivity index (χ2v) is 7.14. The van der Waals surface area contributed by atoms with Crippen LogP contribution in [0.1, 0.15) is 18.0 Å². The predicted molar refractivity (Wildman–Crippen MR) is 76.1 cm³/mol. The molecule has 8 heteroatoms. The lowest BCUT2D eigenvalue weighted by molar-refractivity contribution is 0.000487. The third kappa shape index (κ3) is 2.50. The van der Waals surface area contributed by atoms with E-state index in [2.05, 4.69) is 9.82 Å². The Morgan fingerprint density at radius 2 is 2.24 bits per heavy atom. The van der Waals surface area contributed by atoms with Gasteiger partial charge in [-0.05, 0) is 31.0 Å². The lowest BCUT2D eigenvalue weighted by Gasteiger charge is -2.41. The Kier molecular flexibility index (Phi) is 3.39. The number of aryl methyl sites for hydroxylation is 2. The van der Waals surface area contributed by atoms with Crippen molar-refractivity contribution in [2.45, 2.75) is 36.6 Å². The van der Waals surface area contributed by atoms with E-state index in [1.807, 2.05) is 6.92 Å². The zero-order chi connectivity index (χ0) is 15.2. The van der Waals surface area contributed by atoms with Crippen molar-refractivity contribution >= 4 is 10.0 Å². The van der Waals surface area contributed by atoms with Gasteiger partial charge in [0.25, 0.3) is 10.0 Å². The maximum Gasteiger partial charge on any atom is 0.256 e. The minimum Gasteiger partial charge on any atom is -0.391 e. The van der Waals surface area contributed by atoms with Crippen molar-refractivity contribution in [2.24, 2.45) is 7.05 Å². The zero-order valence-electron chi connectivity index (χ0n) is 11.8. The molecule has 2 N–H and O–H groups in total. The van der Waals surface area contributed by atoms with Gasteiger partial charge in [-0.3, -0.25) is 4.68 Å². The number of hydrogen-bond acceptors (Lipinski definition) is 4. The fraction of sp³-hybridized carbons (Fsp3) is 0.462. The van der Waals surface area contributed by atoms with Crippen molar-refractivity contribution in [3.8, 4) is 0 Å². The van der Waals surface area contributed by atoms with Crippen LogP contribution < -0.4 is 4.72 Å². The molecule has 0 unspecified atom stereocenters. The molecule has 3 rings (SSSR count). The summed E-state index contributed by atoms with van der Waals surface area (Å²) < 4.78 is 30.6. The van der Waals surface area contributed by atoms with E-state index in [0.29, 0.717) is 6.42 Å². The van der Waals surface area contributed by atoms with E-state index in [1.165, 1.54) is 0 Å². The number of nitrogens with one attached hydrogen (secondary N) is 1. The molecule has 2 aromatic rings. The second kappa shape index (κ2) is 4.97. The highest BCUT2D eigenvalue weighted by Gasteiger charge is 2.44. The van der Waals surface area contributed by atoms with E-state index in [1.54, 1.807) is 47.0 Å². The van der Waals surface area contributed by atoms with Gasteiger partial charge in [-0.15, -0.1) is 0 Å². The minimum atomic E-state index is -3.60. The monoisotopic (exact) mass is 310 g/mol. The van der Waals surface area contributed by atoms with Crippen LogP contribution in [-0.2, 0) is 17.1 Å². The van der Waals surface area contributed by atoms with E-state index in [0.717, 1.165) is 5.56 Å². The molecule has 0 saturated heterocycles. The largest absolute Gasteiger partial charge is 0.391 e. The van der Waals surface area contributed by atoms with E-state index >= 15 is 0 Å². The fourth-order valence-electron chi connectivity index (χ4n) is 2.67. The number of hydrogen-bond donors (Lipinski definition) is 2. The maximum atomic E-state index is 12.4. The molecule has 3 atom stereocenters. The summed E-state index contributed by atoms with van der Waals surface area (Å²) in [4.78, 5) is 0. The molecule has 1 fully saturated rings.